The normalized spacial score (nSPS) is 16.6. The van der Waals surface area contributed by atoms with Crippen LogP contribution < -0.4 is 5.32 Å². The van der Waals surface area contributed by atoms with Crippen molar-refractivity contribution >= 4 is 11.6 Å². The molecule has 0 saturated carbocycles. The molecular formula is C18H22N4O2. The summed E-state index contributed by atoms with van der Waals surface area (Å²) in [7, 11) is 0. The Balaban J connectivity index is 1.50. The van der Waals surface area contributed by atoms with Crippen LogP contribution in [0.5, 0.6) is 0 Å². The average molecular weight is 326 g/mol. The molecule has 126 valence electrons. The van der Waals surface area contributed by atoms with Crippen molar-refractivity contribution < 1.29 is 9.63 Å². The first-order valence-electron chi connectivity index (χ1n) is 8.26. The number of hydrogen-bond acceptors (Lipinski definition) is 4. The van der Waals surface area contributed by atoms with E-state index < -0.39 is 6.10 Å². The monoisotopic (exact) mass is 326 g/mol. The van der Waals surface area contributed by atoms with Crippen LogP contribution in [0.15, 0.2) is 41.7 Å². The fourth-order valence-electron chi connectivity index (χ4n) is 2.73. The lowest BCUT2D eigenvalue weighted by Crippen LogP contribution is -2.36. The minimum atomic E-state index is -0.555. The summed E-state index contributed by atoms with van der Waals surface area (Å²) >= 11 is 0. The Kier molecular flexibility index (Phi) is 4.93. The lowest BCUT2D eigenvalue weighted by atomic mass is 10.1. The predicted octanol–water partition coefficient (Wildman–Crippen LogP) is 2.06. The number of rotatable bonds is 6. The highest BCUT2D eigenvalue weighted by Crippen LogP contribution is 2.19. The van der Waals surface area contributed by atoms with E-state index in [0.717, 1.165) is 29.9 Å². The molecule has 1 aliphatic heterocycles. The number of carbonyl (C=O) groups is 1. The van der Waals surface area contributed by atoms with Crippen LogP contribution >= 0.6 is 0 Å². The van der Waals surface area contributed by atoms with Gasteiger partial charge in [-0.25, -0.2) is 0 Å². The Bertz CT molecular complexity index is 737. The molecule has 0 unspecified atom stereocenters. The summed E-state index contributed by atoms with van der Waals surface area (Å²) in [6.07, 6.45) is 2.68. The minimum Gasteiger partial charge on any atom is -0.382 e. The van der Waals surface area contributed by atoms with Crippen molar-refractivity contribution in [2.45, 2.75) is 39.3 Å². The number of nitrogens with zero attached hydrogens (tertiary/aromatic N) is 3. The van der Waals surface area contributed by atoms with E-state index in [0.29, 0.717) is 13.0 Å². The molecule has 1 atom stereocenters. The third kappa shape index (κ3) is 3.64. The third-order valence-corrected chi connectivity index (χ3v) is 4.10. The van der Waals surface area contributed by atoms with Gasteiger partial charge >= 0.3 is 0 Å². The van der Waals surface area contributed by atoms with E-state index in [4.69, 9.17) is 4.84 Å². The SMILES string of the molecule is CCn1cc(C2=NO[C@H](C(=O)NCCc3ccccc3)C2)c(C)n1. The summed E-state index contributed by atoms with van der Waals surface area (Å²) in [5.41, 5.74) is 3.85. The highest BCUT2D eigenvalue weighted by molar-refractivity contribution is 6.04. The molecular weight excluding hydrogens is 304 g/mol. The molecule has 1 aromatic heterocycles. The summed E-state index contributed by atoms with van der Waals surface area (Å²) in [6.45, 7) is 5.37. The number of amides is 1. The van der Waals surface area contributed by atoms with Crippen LogP contribution in [0.25, 0.3) is 0 Å². The zero-order valence-electron chi connectivity index (χ0n) is 14.0. The average Bonchev–Trinajstić information content (AvgIpc) is 3.22. The highest BCUT2D eigenvalue weighted by Gasteiger charge is 2.30. The van der Waals surface area contributed by atoms with Crippen LogP contribution in [-0.4, -0.2) is 34.0 Å². The lowest BCUT2D eigenvalue weighted by molar-refractivity contribution is -0.131. The van der Waals surface area contributed by atoms with E-state index in [9.17, 15) is 4.79 Å². The molecule has 2 heterocycles. The van der Waals surface area contributed by atoms with Crippen molar-refractivity contribution in [2.75, 3.05) is 6.54 Å². The van der Waals surface area contributed by atoms with Crippen molar-refractivity contribution in [2.24, 2.45) is 5.16 Å². The van der Waals surface area contributed by atoms with Gasteiger partial charge in [0, 0.05) is 31.3 Å². The topological polar surface area (TPSA) is 68.5 Å². The number of benzene rings is 1. The molecule has 1 aromatic carbocycles. The third-order valence-electron chi connectivity index (χ3n) is 4.10. The molecule has 0 radical (unpaired) electrons. The number of nitrogens with one attached hydrogen (secondary N) is 1. The van der Waals surface area contributed by atoms with Crippen molar-refractivity contribution in [3.63, 3.8) is 0 Å². The Morgan fingerprint density at radius 2 is 2.17 bits per heavy atom. The summed E-state index contributed by atoms with van der Waals surface area (Å²) in [5, 5.41) is 11.4. The van der Waals surface area contributed by atoms with Gasteiger partial charge in [-0.15, -0.1) is 0 Å². The molecule has 0 spiro atoms. The van der Waals surface area contributed by atoms with Crippen LogP contribution in [0.2, 0.25) is 0 Å². The van der Waals surface area contributed by atoms with E-state index in [2.05, 4.69) is 15.6 Å². The minimum absolute atomic E-state index is 0.120. The van der Waals surface area contributed by atoms with Crippen molar-refractivity contribution in [1.29, 1.82) is 0 Å². The molecule has 0 bridgehead atoms. The molecule has 0 saturated heterocycles. The van der Waals surface area contributed by atoms with Crippen LogP contribution in [0.1, 0.15) is 30.2 Å². The van der Waals surface area contributed by atoms with E-state index in [1.807, 2.05) is 55.1 Å². The van der Waals surface area contributed by atoms with E-state index in [-0.39, 0.29) is 5.91 Å². The molecule has 6 nitrogen and oxygen atoms in total. The van der Waals surface area contributed by atoms with Gasteiger partial charge in [0.25, 0.3) is 5.91 Å². The first-order valence-corrected chi connectivity index (χ1v) is 8.26. The van der Waals surface area contributed by atoms with Gasteiger partial charge in [0.05, 0.1) is 11.4 Å². The first-order chi connectivity index (χ1) is 11.7. The van der Waals surface area contributed by atoms with Gasteiger partial charge in [0.15, 0.2) is 0 Å². The van der Waals surface area contributed by atoms with Gasteiger partial charge in [0.2, 0.25) is 6.10 Å². The van der Waals surface area contributed by atoms with E-state index in [1.54, 1.807) is 0 Å². The second-order valence-corrected chi connectivity index (χ2v) is 5.85. The van der Waals surface area contributed by atoms with Gasteiger partial charge in [0.1, 0.15) is 0 Å². The van der Waals surface area contributed by atoms with Crippen LogP contribution in [0.3, 0.4) is 0 Å². The summed E-state index contributed by atoms with van der Waals surface area (Å²) < 4.78 is 1.86. The Morgan fingerprint density at radius 1 is 1.38 bits per heavy atom. The Labute approximate surface area is 141 Å². The first kappa shape index (κ1) is 16.2. The van der Waals surface area contributed by atoms with Gasteiger partial charge in [-0.05, 0) is 25.8 Å². The molecule has 2 aromatic rings. The maximum atomic E-state index is 12.2. The van der Waals surface area contributed by atoms with Gasteiger partial charge in [-0.2, -0.15) is 5.10 Å². The maximum absolute atomic E-state index is 12.2. The number of aryl methyl sites for hydroxylation is 2. The largest absolute Gasteiger partial charge is 0.382 e. The Morgan fingerprint density at radius 3 is 2.88 bits per heavy atom. The standard InChI is InChI=1S/C18H22N4O2/c1-3-22-12-15(13(2)20-22)16-11-17(24-21-16)18(23)19-10-9-14-7-5-4-6-8-14/h4-8,12,17H,3,9-11H2,1-2H3,(H,19,23)/t17-/m0/s1. The summed E-state index contributed by atoms with van der Waals surface area (Å²) in [4.78, 5) is 17.5. The Hall–Kier alpha value is -2.63. The number of aromatic nitrogens is 2. The van der Waals surface area contributed by atoms with Crippen LogP contribution in [0, 0.1) is 6.92 Å². The van der Waals surface area contributed by atoms with Gasteiger partial charge in [-0.1, -0.05) is 35.5 Å². The van der Waals surface area contributed by atoms with Crippen molar-refractivity contribution in [3.05, 3.63) is 53.3 Å². The highest BCUT2D eigenvalue weighted by atomic mass is 16.6. The lowest BCUT2D eigenvalue weighted by Gasteiger charge is -2.09. The zero-order chi connectivity index (χ0) is 16.9. The van der Waals surface area contributed by atoms with Gasteiger partial charge < -0.3 is 10.2 Å². The van der Waals surface area contributed by atoms with Crippen molar-refractivity contribution in [3.8, 4) is 0 Å². The van der Waals surface area contributed by atoms with Gasteiger partial charge in [-0.3, -0.25) is 9.48 Å². The smallest absolute Gasteiger partial charge is 0.264 e. The molecule has 1 N–H and O–H groups in total. The molecule has 0 fully saturated rings. The molecule has 6 heteroatoms. The molecule has 1 aliphatic rings. The predicted molar refractivity (Wildman–Crippen MR) is 91.8 cm³/mol. The molecule has 3 rings (SSSR count). The summed E-state index contributed by atoms with van der Waals surface area (Å²) in [6, 6.07) is 10.1. The fraction of sp³-hybridized carbons (Fsp3) is 0.389. The molecule has 24 heavy (non-hydrogen) atoms. The quantitative estimate of drug-likeness (QED) is 0.883. The zero-order valence-corrected chi connectivity index (χ0v) is 14.0. The van der Waals surface area contributed by atoms with E-state index in [1.165, 1.54) is 5.56 Å². The number of carbonyl (C=O) groups excluding carboxylic acids is 1. The molecule has 1 amide bonds. The second kappa shape index (κ2) is 7.29. The number of hydrogen-bond donors (Lipinski definition) is 1. The van der Waals surface area contributed by atoms with Crippen LogP contribution in [0.4, 0.5) is 0 Å². The second-order valence-electron chi connectivity index (χ2n) is 5.85. The van der Waals surface area contributed by atoms with E-state index >= 15 is 0 Å². The maximum Gasteiger partial charge on any atom is 0.264 e. The van der Waals surface area contributed by atoms with Crippen molar-refractivity contribution in [1.82, 2.24) is 15.1 Å². The molecule has 0 aliphatic carbocycles. The number of oxime groups is 1. The summed E-state index contributed by atoms with van der Waals surface area (Å²) in [5.74, 6) is -0.120. The fourth-order valence-corrected chi connectivity index (χ4v) is 2.73. The van der Waals surface area contributed by atoms with Crippen LogP contribution in [-0.2, 0) is 22.6 Å².